The number of nitrogens with one attached hydrogen (secondary N) is 1. The summed E-state index contributed by atoms with van der Waals surface area (Å²) < 4.78 is 0. The lowest BCUT2D eigenvalue weighted by atomic mass is 9.98. The number of likely N-dealkylation sites (N-methyl/N-ethyl adjacent to an activating group) is 1. The number of rotatable bonds is 7. The van der Waals surface area contributed by atoms with Crippen molar-refractivity contribution < 1.29 is 14.7 Å². The van der Waals surface area contributed by atoms with Crippen LogP contribution in [0, 0.1) is 0 Å². The number of aliphatic hydroxyl groups is 1. The van der Waals surface area contributed by atoms with Gasteiger partial charge in [0.25, 0.3) is 0 Å². The van der Waals surface area contributed by atoms with Gasteiger partial charge in [0.05, 0.1) is 12.1 Å². The summed E-state index contributed by atoms with van der Waals surface area (Å²) in [4.78, 5) is 27.0. The Morgan fingerprint density at radius 3 is 2.32 bits per heavy atom. The van der Waals surface area contributed by atoms with Crippen LogP contribution in [0.15, 0.2) is 24.3 Å². The average Bonchev–Trinajstić information content (AvgIpc) is 3.00. The molecular weight excluding hydrogens is 318 g/mol. The van der Waals surface area contributed by atoms with Gasteiger partial charge in [0.2, 0.25) is 11.8 Å². The van der Waals surface area contributed by atoms with E-state index in [0.29, 0.717) is 18.7 Å². The first-order chi connectivity index (χ1) is 11.8. The van der Waals surface area contributed by atoms with Crippen LogP contribution in [-0.2, 0) is 9.59 Å². The SMILES string of the molecule is CC(=O)N(C)c1ccc(NC(=O)CN(C)CCC2(O)CCCC2)cc1. The number of carbonyl (C=O) groups is 2. The molecule has 2 rings (SSSR count). The van der Waals surface area contributed by atoms with Crippen LogP contribution in [-0.4, -0.2) is 54.6 Å². The lowest BCUT2D eigenvalue weighted by Gasteiger charge is -2.25. The first kappa shape index (κ1) is 19.4. The van der Waals surface area contributed by atoms with Crippen molar-refractivity contribution in [1.29, 1.82) is 0 Å². The highest BCUT2D eigenvalue weighted by atomic mass is 16.3. The highest BCUT2D eigenvalue weighted by Gasteiger charge is 2.30. The van der Waals surface area contributed by atoms with Gasteiger partial charge >= 0.3 is 0 Å². The maximum absolute atomic E-state index is 12.1. The van der Waals surface area contributed by atoms with Crippen molar-refractivity contribution in [3.63, 3.8) is 0 Å². The lowest BCUT2D eigenvalue weighted by Crippen LogP contribution is -2.35. The zero-order valence-electron chi connectivity index (χ0n) is 15.4. The second-order valence-corrected chi connectivity index (χ2v) is 7.09. The summed E-state index contributed by atoms with van der Waals surface area (Å²) in [6.45, 7) is 2.49. The van der Waals surface area contributed by atoms with Crippen molar-refractivity contribution >= 4 is 23.2 Å². The summed E-state index contributed by atoms with van der Waals surface area (Å²) in [5.41, 5.74) is 0.949. The molecule has 1 aromatic rings. The van der Waals surface area contributed by atoms with Gasteiger partial charge in [-0.25, -0.2) is 0 Å². The molecule has 1 fully saturated rings. The fraction of sp³-hybridized carbons (Fsp3) is 0.579. The third kappa shape index (κ3) is 5.83. The summed E-state index contributed by atoms with van der Waals surface area (Å²) in [5.74, 6) is -0.129. The van der Waals surface area contributed by atoms with Crippen LogP contribution >= 0.6 is 0 Å². The molecule has 25 heavy (non-hydrogen) atoms. The van der Waals surface area contributed by atoms with Crippen LogP contribution in [0.5, 0.6) is 0 Å². The summed E-state index contributed by atoms with van der Waals surface area (Å²) in [7, 11) is 3.60. The van der Waals surface area contributed by atoms with E-state index in [-0.39, 0.29) is 18.4 Å². The molecule has 6 nitrogen and oxygen atoms in total. The Hall–Kier alpha value is -1.92. The van der Waals surface area contributed by atoms with Gasteiger partial charge in [-0.3, -0.25) is 14.5 Å². The monoisotopic (exact) mass is 347 g/mol. The van der Waals surface area contributed by atoms with Crippen LogP contribution in [0.3, 0.4) is 0 Å². The Kier molecular flexibility index (Phi) is 6.56. The molecule has 0 radical (unpaired) electrons. The van der Waals surface area contributed by atoms with Crippen molar-refractivity contribution in [3.8, 4) is 0 Å². The Morgan fingerprint density at radius 2 is 1.76 bits per heavy atom. The molecule has 0 spiro atoms. The minimum Gasteiger partial charge on any atom is -0.390 e. The van der Waals surface area contributed by atoms with Gasteiger partial charge in [-0.1, -0.05) is 12.8 Å². The van der Waals surface area contributed by atoms with Gasteiger partial charge in [0.1, 0.15) is 0 Å². The van der Waals surface area contributed by atoms with E-state index in [1.165, 1.54) is 6.92 Å². The van der Waals surface area contributed by atoms with E-state index in [1.807, 2.05) is 11.9 Å². The molecule has 0 aliphatic heterocycles. The summed E-state index contributed by atoms with van der Waals surface area (Å²) >= 11 is 0. The Labute approximate surface area is 149 Å². The first-order valence-electron chi connectivity index (χ1n) is 8.84. The summed E-state index contributed by atoms with van der Waals surface area (Å²) in [6.07, 6.45) is 4.63. The third-order valence-corrected chi connectivity index (χ3v) is 4.92. The van der Waals surface area contributed by atoms with E-state index in [2.05, 4.69) is 5.32 Å². The number of benzene rings is 1. The minimum atomic E-state index is -0.538. The van der Waals surface area contributed by atoms with Gasteiger partial charge in [0.15, 0.2) is 0 Å². The van der Waals surface area contributed by atoms with E-state index < -0.39 is 5.60 Å². The second-order valence-electron chi connectivity index (χ2n) is 7.09. The zero-order chi connectivity index (χ0) is 18.4. The van der Waals surface area contributed by atoms with E-state index in [9.17, 15) is 14.7 Å². The van der Waals surface area contributed by atoms with Crippen molar-refractivity contribution in [3.05, 3.63) is 24.3 Å². The molecule has 6 heteroatoms. The predicted octanol–water partition coefficient (Wildman–Crippen LogP) is 2.23. The summed E-state index contributed by atoms with van der Waals surface area (Å²) in [5, 5.41) is 13.2. The predicted molar refractivity (Wildman–Crippen MR) is 99.7 cm³/mol. The lowest BCUT2D eigenvalue weighted by molar-refractivity contribution is -0.117. The molecule has 2 amide bonds. The van der Waals surface area contributed by atoms with Crippen LogP contribution in [0.1, 0.15) is 39.0 Å². The molecule has 2 N–H and O–H groups in total. The number of carbonyl (C=O) groups excluding carboxylic acids is 2. The standard InChI is InChI=1S/C19H29N3O3/c1-15(23)22(3)17-8-6-16(7-9-17)20-18(24)14-21(2)13-12-19(25)10-4-5-11-19/h6-9,25H,4-5,10-14H2,1-3H3,(H,20,24). The molecule has 0 saturated heterocycles. The van der Waals surface area contributed by atoms with E-state index in [4.69, 9.17) is 0 Å². The third-order valence-electron chi connectivity index (χ3n) is 4.92. The molecule has 138 valence electrons. The molecule has 1 saturated carbocycles. The summed E-state index contributed by atoms with van der Waals surface area (Å²) in [6, 6.07) is 7.18. The van der Waals surface area contributed by atoms with E-state index in [1.54, 1.807) is 36.2 Å². The molecule has 0 aromatic heterocycles. The normalized spacial score (nSPS) is 16.0. The fourth-order valence-corrected chi connectivity index (χ4v) is 3.16. The topological polar surface area (TPSA) is 72.9 Å². The van der Waals surface area contributed by atoms with Gasteiger partial charge in [-0.05, 0) is 50.6 Å². The van der Waals surface area contributed by atoms with Gasteiger partial charge in [-0.15, -0.1) is 0 Å². The maximum Gasteiger partial charge on any atom is 0.238 e. The number of nitrogens with zero attached hydrogens (tertiary/aromatic N) is 2. The number of hydrogen-bond acceptors (Lipinski definition) is 4. The molecule has 0 atom stereocenters. The van der Waals surface area contributed by atoms with Crippen LogP contribution in [0.25, 0.3) is 0 Å². The highest BCUT2D eigenvalue weighted by Crippen LogP contribution is 2.32. The number of hydrogen-bond donors (Lipinski definition) is 2. The molecular formula is C19H29N3O3. The average molecular weight is 347 g/mol. The molecule has 1 aliphatic carbocycles. The van der Waals surface area contributed by atoms with Crippen molar-refractivity contribution in [2.75, 3.05) is 37.4 Å². The Morgan fingerprint density at radius 1 is 1.16 bits per heavy atom. The fourth-order valence-electron chi connectivity index (χ4n) is 3.16. The Balaban J connectivity index is 1.78. The van der Waals surface area contributed by atoms with Gasteiger partial charge in [-0.2, -0.15) is 0 Å². The largest absolute Gasteiger partial charge is 0.390 e. The number of anilines is 2. The van der Waals surface area contributed by atoms with Crippen LogP contribution < -0.4 is 10.2 Å². The quantitative estimate of drug-likeness (QED) is 0.793. The molecule has 0 unspecified atom stereocenters. The van der Waals surface area contributed by atoms with Crippen molar-refractivity contribution in [1.82, 2.24) is 4.90 Å². The van der Waals surface area contributed by atoms with Gasteiger partial charge < -0.3 is 15.3 Å². The zero-order valence-corrected chi connectivity index (χ0v) is 15.4. The van der Waals surface area contributed by atoms with E-state index >= 15 is 0 Å². The molecule has 0 bridgehead atoms. The maximum atomic E-state index is 12.1. The van der Waals surface area contributed by atoms with Crippen LogP contribution in [0.2, 0.25) is 0 Å². The van der Waals surface area contributed by atoms with Crippen molar-refractivity contribution in [2.45, 2.75) is 44.6 Å². The van der Waals surface area contributed by atoms with E-state index in [0.717, 1.165) is 31.4 Å². The smallest absolute Gasteiger partial charge is 0.238 e. The van der Waals surface area contributed by atoms with Crippen LogP contribution in [0.4, 0.5) is 11.4 Å². The molecule has 1 aromatic carbocycles. The van der Waals surface area contributed by atoms with Gasteiger partial charge in [0, 0.05) is 31.9 Å². The van der Waals surface area contributed by atoms with Crippen molar-refractivity contribution in [2.24, 2.45) is 0 Å². The second kappa shape index (κ2) is 8.45. The Bertz CT molecular complexity index is 594. The molecule has 1 aliphatic rings. The number of amides is 2. The minimum absolute atomic E-state index is 0.0395. The first-order valence-corrected chi connectivity index (χ1v) is 8.84. The molecule has 0 heterocycles. The highest BCUT2D eigenvalue weighted by molar-refractivity contribution is 5.93.